The summed E-state index contributed by atoms with van der Waals surface area (Å²) in [4.78, 5) is 0. The van der Waals surface area contributed by atoms with E-state index in [0.29, 0.717) is 6.10 Å². The highest BCUT2D eigenvalue weighted by atomic mass is 28.4. The Hall–Kier alpha value is -0.863. The van der Waals surface area contributed by atoms with Gasteiger partial charge in [-0.1, -0.05) is 71.5 Å². The Morgan fingerprint density at radius 1 is 1.00 bits per heavy atom. The van der Waals surface area contributed by atoms with Gasteiger partial charge in [-0.2, -0.15) is 0 Å². The third-order valence-corrected chi connectivity index (χ3v) is 10.8. The van der Waals surface area contributed by atoms with E-state index in [2.05, 4.69) is 71.5 Å². The molecule has 1 atom stereocenters. The lowest BCUT2D eigenvalue weighted by molar-refractivity contribution is 0.233. The third kappa shape index (κ3) is 1.78. The van der Waals surface area contributed by atoms with Crippen molar-refractivity contribution in [1.29, 1.82) is 0 Å². The van der Waals surface area contributed by atoms with Gasteiger partial charge < -0.3 is 4.43 Å². The summed E-state index contributed by atoms with van der Waals surface area (Å²) in [5.41, 5.74) is 6.93. The molecule has 1 unspecified atom stereocenters. The van der Waals surface area contributed by atoms with Crippen LogP contribution in [0.15, 0.2) is 30.0 Å². The van der Waals surface area contributed by atoms with Crippen LogP contribution < -0.4 is 0 Å². The fourth-order valence-corrected chi connectivity index (χ4v) is 9.46. The zero-order valence-electron chi connectivity index (χ0n) is 13.6. The standard InChI is InChI=1S/C18H26OSi/c1-17(2,3)20(18(4,5)6)12-15-14-10-8-7-9-13(14)11-16(15)19-20/h7-10,12,16H,11H2,1-6H3. The van der Waals surface area contributed by atoms with E-state index in [1.165, 1.54) is 16.7 Å². The molecule has 108 valence electrons. The van der Waals surface area contributed by atoms with Crippen molar-refractivity contribution in [2.75, 3.05) is 0 Å². The van der Waals surface area contributed by atoms with E-state index in [4.69, 9.17) is 4.43 Å². The van der Waals surface area contributed by atoms with E-state index in [1.54, 1.807) is 0 Å². The molecule has 0 saturated heterocycles. The van der Waals surface area contributed by atoms with Crippen LogP contribution in [0.2, 0.25) is 10.1 Å². The first-order valence-electron chi connectivity index (χ1n) is 7.65. The van der Waals surface area contributed by atoms with Gasteiger partial charge in [-0.25, -0.2) is 0 Å². The summed E-state index contributed by atoms with van der Waals surface area (Å²) in [5.74, 6) is 0. The van der Waals surface area contributed by atoms with E-state index in [0.717, 1.165) is 6.42 Å². The van der Waals surface area contributed by atoms with Gasteiger partial charge in [0, 0.05) is 6.42 Å². The molecule has 0 spiro atoms. The molecule has 1 aliphatic heterocycles. The summed E-state index contributed by atoms with van der Waals surface area (Å²) < 4.78 is 6.83. The normalized spacial score (nSPS) is 24.3. The van der Waals surface area contributed by atoms with Gasteiger partial charge in [-0.05, 0) is 26.8 Å². The van der Waals surface area contributed by atoms with Crippen molar-refractivity contribution in [2.24, 2.45) is 0 Å². The monoisotopic (exact) mass is 286 g/mol. The Morgan fingerprint density at radius 3 is 2.20 bits per heavy atom. The lowest BCUT2D eigenvalue weighted by Gasteiger charge is -2.47. The third-order valence-electron chi connectivity index (χ3n) is 5.00. The molecule has 1 nitrogen and oxygen atoms in total. The second-order valence-electron chi connectivity index (χ2n) is 8.30. The summed E-state index contributed by atoms with van der Waals surface area (Å²) >= 11 is 0. The van der Waals surface area contributed by atoms with Crippen molar-refractivity contribution in [3.8, 4) is 0 Å². The maximum absolute atomic E-state index is 6.83. The van der Waals surface area contributed by atoms with Crippen molar-refractivity contribution >= 4 is 13.9 Å². The molecule has 0 N–H and O–H groups in total. The maximum Gasteiger partial charge on any atom is 0.228 e. The second kappa shape index (κ2) is 4.08. The summed E-state index contributed by atoms with van der Waals surface area (Å²) in [5, 5.41) is 0.440. The Balaban J connectivity index is 2.15. The number of fused-ring (bicyclic) bond motifs is 3. The average Bonchev–Trinajstić information content (AvgIpc) is 2.81. The molecule has 0 saturated carbocycles. The van der Waals surface area contributed by atoms with Crippen molar-refractivity contribution in [2.45, 2.75) is 64.1 Å². The van der Waals surface area contributed by atoms with Crippen LogP contribution in [0.1, 0.15) is 52.7 Å². The van der Waals surface area contributed by atoms with Crippen LogP contribution in [0, 0.1) is 0 Å². The molecule has 0 radical (unpaired) electrons. The van der Waals surface area contributed by atoms with Crippen LogP contribution in [0.5, 0.6) is 0 Å². The van der Waals surface area contributed by atoms with Gasteiger partial charge in [0.15, 0.2) is 0 Å². The highest BCUT2D eigenvalue weighted by molar-refractivity contribution is 6.85. The van der Waals surface area contributed by atoms with Gasteiger partial charge >= 0.3 is 0 Å². The highest BCUT2D eigenvalue weighted by Gasteiger charge is 2.59. The summed E-state index contributed by atoms with van der Waals surface area (Å²) in [6, 6.07) is 8.80. The Morgan fingerprint density at radius 2 is 1.60 bits per heavy atom. The molecule has 0 amide bonds. The van der Waals surface area contributed by atoms with E-state index < -0.39 is 8.32 Å². The molecule has 1 heterocycles. The van der Waals surface area contributed by atoms with Crippen LogP contribution in [0.3, 0.4) is 0 Å². The zero-order chi connectivity index (χ0) is 14.8. The molecule has 2 aliphatic rings. The molecule has 0 fully saturated rings. The lowest BCUT2D eigenvalue weighted by atomic mass is 10.1. The van der Waals surface area contributed by atoms with Gasteiger partial charge in [0.05, 0.1) is 6.10 Å². The average molecular weight is 286 g/mol. The largest absolute Gasteiger partial charge is 0.405 e. The van der Waals surface area contributed by atoms with Crippen molar-refractivity contribution in [3.05, 3.63) is 41.1 Å². The topological polar surface area (TPSA) is 9.23 Å². The molecular weight excluding hydrogens is 260 g/mol. The Kier molecular flexibility index (Phi) is 2.87. The predicted octanol–water partition coefficient (Wildman–Crippen LogP) is 5.11. The maximum atomic E-state index is 6.83. The Labute approximate surface area is 124 Å². The first-order chi connectivity index (χ1) is 9.16. The van der Waals surface area contributed by atoms with Gasteiger partial charge in [-0.3, -0.25) is 0 Å². The molecular formula is C18H26OSi. The highest BCUT2D eigenvalue weighted by Crippen LogP contribution is 2.58. The van der Waals surface area contributed by atoms with Gasteiger partial charge in [-0.15, -0.1) is 0 Å². The number of hydrogen-bond donors (Lipinski definition) is 0. The van der Waals surface area contributed by atoms with Crippen molar-refractivity contribution in [1.82, 2.24) is 0 Å². The van der Waals surface area contributed by atoms with Gasteiger partial charge in [0.2, 0.25) is 8.32 Å². The van der Waals surface area contributed by atoms with Gasteiger partial charge in [0.25, 0.3) is 0 Å². The second-order valence-corrected chi connectivity index (χ2v) is 13.3. The minimum absolute atomic E-state index is 0.220. The van der Waals surface area contributed by atoms with E-state index >= 15 is 0 Å². The fraction of sp³-hybridized carbons (Fsp3) is 0.556. The fourth-order valence-electron chi connectivity index (χ4n) is 4.13. The number of hydrogen-bond acceptors (Lipinski definition) is 1. The molecule has 20 heavy (non-hydrogen) atoms. The van der Waals surface area contributed by atoms with E-state index in [1.807, 2.05) is 0 Å². The van der Waals surface area contributed by atoms with Gasteiger partial charge in [0.1, 0.15) is 0 Å². The minimum Gasteiger partial charge on any atom is -0.405 e. The number of benzene rings is 1. The Bertz CT molecular complexity index is 558. The molecule has 1 aromatic rings. The summed E-state index contributed by atoms with van der Waals surface area (Å²) in [6.45, 7) is 14.1. The minimum atomic E-state index is -1.96. The summed E-state index contributed by atoms with van der Waals surface area (Å²) in [7, 11) is -1.96. The van der Waals surface area contributed by atoms with Crippen LogP contribution in [0.25, 0.3) is 5.57 Å². The van der Waals surface area contributed by atoms with Crippen LogP contribution in [-0.2, 0) is 10.8 Å². The first-order valence-corrected chi connectivity index (χ1v) is 9.63. The van der Waals surface area contributed by atoms with Crippen LogP contribution in [0.4, 0.5) is 0 Å². The quantitative estimate of drug-likeness (QED) is 0.602. The molecule has 2 heteroatoms. The number of rotatable bonds is 0. The molecule has 0 bridgehead atoms. The predicted molar refractivity (Wildman–Crippen MR) is 88.2 cm³/mol. The lowest BCUT2D eigenvalue weighted by Crippen LogP contribution is -2.52. The molecule has 3 rings (SSSR count). The van der Waals surface area contributed by atoms with Crippen molar-refractivity contribution in [3.63, 3.8) is 0 Å². The first kappa shape index (κ1) is 14.1. The van der Waals surface area contributed by atoms with Crippen molar-refractivity contribution < 1.29 is 4.43 Å². The van der Waals surface area contributed by atoms with E-state index in [-0.39, 0.29) is 10.1 Å². The van der Waals surface area contributed by atoms with E-state index in [9.17, 15) is 0 Å². The SMILES string of the molecule is CC(C)(C)[Si]1(C(C)(C)C)C=C2c3ccccc3CC2O1. The summed E-state index contributed by atoms with van der Waals surface area (Å²) in [6.07, 6.45) is 1.36. The molecule has 1 aliphatic carbocycles. The van der Waals surface area contributed by atoms with Crippen LogP contribution in [-0.4, -0.2) is 14.4 Å². The zero-order valence-corrected chi connectivity index (χ0v) is 14.6. The van der Waals surface area contributed by atoms with Crippen LogP contribution >= 0.6 is 0 Å². The smallest absolute Gasteiger partial charge is 0.228 e. The molecule has 1 aromatic carbocycles. The molecule has 0 aromatic heterocycles.